The average molecular weight is 430 g/mol. The highest BCUT2D eigenvalue weighted by Gasteiger charge is 2.26. The SMILES string of the molecule is N[C@@H]1CCN(Cc2ccc(-n3ccc(NC(=O)N4CCNCC4)nc3=O)cc2)C[C@@H]1F. The number of anilines is 1. The topological polar surface area (TPSA) is 109 Å². The Kier molecular flexibility index (Phi) is 6.59. The van der Waals surface area contributed by atoms with Crippen molar-refractivity contribution in [2.45, 2.75) is 25.2 Å². The maximum Gasteiger partial charge on any atom is 0.354 e. The zero-order valence-electron chi connectivity index (χ0n) is 17.3. The number of nitrogens with zero attached hydrogens (tertiary/aromatic N) is 4. The Balaban J connectivity index is 1.39. The van der Waals surface area contributed by atoms with Gasteiger partial charge in [-0.1, -0.05) is 12.1 Å². The number of nitrogens with one attached hydrogen (secondary N) is 2. The summed E-state index contributed by atoms with van der Waals surface area (Å²) >= 11 is 0. The van der Waals surface area contributed by atoms with Crippen LogP contribution in [0.3, 0.4) is 0 Å². The molecule has 0 aliphatic carbocycles. The van der Waals surface area contributed by atoms with Crippen LogP contribution in [0.15, 0.2) is 41.3 Å². The minimum atomic E-state index is -0.997. The number of nitrogens with two attached hydrogens (primary N) is 1. The summed E-state index contributed by atoms with van der Waals surface area (Å²) in [5, 5.41) is 5.87. The summed E-state index contributed by atoms with van der Waals surface area (Å²) in [6.45, 7) is 4.48. The van der Waals surface area contributed by atoms with Crippen molar-refractivity contribution in [3.8, 4) is 5.69 Å². The molecular formula is C21H28FN7O2. The molecule has 0 radical (unpaired) electrons. The number of benzene rings is 1. The van der Waals surface area contributed by atoms with E-state index in [1.165, 1.54) is 4.57 Å². The van der Waals surface area contributed by atoms with Crippen molar-refractivity contribution in [3.63, 3.8) is 0 Å². The molecule has 2 fully saturated rings. The van der Waals surface area contributed by atoms with Gasteiger partial charge in [-0.15, -0.1) is 0 Å². The van der Waals surface area contributed by atoms with Gasteiger partial charge < -0.3 is 16.0 Å². The van der Waals surface area contributed by atoms with Crippen LogP contribution in [-0.4, -0.2) is 76.9 Å². The third-order valence-corrected chi connectivity index (χ3v) is 5.74. The van der Waals surface area contributed by atoms with Gasteiger partial charge in [0.2, 0.25) is 0 Å². The number of carbonyl (C=O) groups is 1. The minimum Gasteiger partial charge on any atom is -0.325 e. The average Bonchev–Trinajstić information content (AvgIpc) is 2.78. The van der Waals surface area contributed by atoms with Gasteiger partial charge in [0.25, 0.3) is 0 Å². The molecule has 2 aliphatic heterocycles. The lowest BCUT2D eigenvalue weighted by molar-refractivity contribution is 0.114. The van der Waals surface area contributed by atoms with Crippen molar-refractivity contribution in [2.75, 3.05) is 44.6 Å². The number of aromatic nitrogens is 2. The molecule has 0 saturated carbocycles. The second-order valence-electron chi connectivity index (χ2n) is 8.00. The molecule has 9 nitrogen and oxygen atoms in total. The van der Waals surface area contributed by atoms with E-state index in [1.807, 2.05) is 29.2 Å². The molecular weight excluding hydrogens is 401 g/mol. The number of likely N-dealkylation sites (tertiary alicyclic amines) is 1. The normalized spacial score (nSPS) is 22.3. The number of hydrogen-bond donors (Lipinski definition) is 3. The number of piperidine rings is 1. The maximum absolute atomic E-state index is 13.8. The van der Waals surface area contributed by atoms with Gasteiger partial charge in [0.05, 0.1) is 5.69 Å². The summed E-state index contributed by atoms with van der Waals surface area (Å²) in [6.07, 6.45) is 1.25. The van der Waals surface area contributed by atoms with Crippen molar-refractivity contribution in [3.05, 3.63) is 52.6 Å². The number of alkyl halides is 1. The third kappa shape index (κ3) is 5.27. The van der Waals surface area contributed by atoms with Crippen LogP contribution in [0, 0.1) is 0 Å². The van der Waals surface area contributed by atoms with E-state index >= 15 is 0 Å². The molecule has 2 saturated heterocycles. The minimum absolute atomic E-state index is 0.227. The Labute approximate surface area is 180 Å². The van der Waals surface area contributed by atoms with Crippen LogP contribution in [0.1, 0.15) is 12.0 Å². The monoisotopic (exact) mass is 429 g/mol. The molecule has 4 N–H and O–H groups in total. The Hall–Kier alpha value is -2.82. The zero-order chi connectivity index (χ0) is 21.8. The Bertz CT molecular complexity index is 959. The predicted octanol–water partition coefficient (Wildman–Crippen LogP) is 0.541. The molecule has 2 aromatic rings. The fraction of sp³-hybridized carbons (Fsp3) is 0.476. The largest absolute Gasteiger partial charge is 0.354 e. The van der Waals surface area contributed by atoms with Crippen LogP contribution < -0.4 is 22.1 Å². The lowest BCUT2D eigenvalue weighted by Gasteiger charge is -2.32. The molecule has 2 atom stereocenters. The Morgan fingerprint density at radius 3 is 2.61 bits per heavy atom. The molecule has 3 heterocycles. The van der Waals surface area contributed by atoms with E-state index in [-0.39, 0.29) is 17.9 Å². The molecule has 1 aromatic carbocycles. The Morgan fingerprint density at radius 2 is 1.94 bits per heavy atom. The number of amides is 2. The third-order valence-electron chi connectivity index (χ3n) is 5.74. The van der Waals surface area contributed by atoms with Crippen LogP contribution >= 0.6 is 0 Å². The van der Waals surface area contributed by atoms with E-state index in [0.717, 1.165) is 25.2 Å². The molecule has 2 aliphatic rings. The molecule has 0 unspecified atom stereocenters. The first kappa shape index (κ1) is 21.4. The van der Waals surface area contributed by atoms with Crippen molar-refractivity contribution < 1.29 is 9.18 Å². The van der Waals surface area contributed by atoms with Crippen molar-refractivity contribution >= 4 is 11.8 Å². The highest BCUT2D eigenvalue weighted by molar-refractivity contribution is 5.88. The molecule has 10 heteroatoms. The van der Waals surface area contributed by atoms with Gasteiger partial charge in [0.15, 0.2) is 0 Å². The lowest BCUT2D eigenvalue weighted by Crippen LogP contribution is -2.48. The fourth-order valence-electron chi connectivity index (χ4n) is 3.88. The summed E-state index contributed by atoms with van der Waals surface area (Å²) in [5.41, 5.74) is 6.97. The highest BCUT2D eigenvalue weighted by Crippen LogP contribution is 2.16. The predicted molar refractivity (Wildman–Crippen MR) is 116 cm³/mol. The molecule has 0 spiro atoms. The number of rotatable bonds is 4. The van der Waals surface area contributed by atoms with Gasteiger partial charge in [-0.05, 0) is 30.2 Å². The molecule has 31 heavy (non-hydrogen) atoms. The summed E-state index contributed by atoms with van der Waals surface area (Å²) < 4.78 is 15.3. The Morgan fingerprint density at radius 1 is 1.19 bits per heavy atom. The van der Waals surface area contributed by atoms with Gasteiger partial charge in [-0.25, -0.2) is 14.0 Å². The molecule has 4 rings (SSSR count). The number of urea groups is 1. The van der Waals surface area contributed by atoms with Crippen LogP contribution in [-0.2, 0) is 6.54 Å². The van der Waals surface area contributed by atoms with Gasteiger partial charge in [-0.2, -0.15) is 4.98 Å². The lowest BCUT2D eigenvalue weighted by atomic mass is 10.0. The highest BCUT2D eigenvalue weighted by atomic mass is 19.1. The van der Waals surface area contributed by atoms with Crippen LogP contribution in [0.25, 0.3) is 5.69 Å². The second kappa shape index (κ2) is 9.54. The van der Waals surface area contributed by atoms with Gasteiger partial charge in [0.1, 0.15) is 12.0 Å². The van der Waals surface area contributed by atoms with Gasteiger partial charge in [-0.3, -0.25) is 14.8 Å². The van der Waals surface area contributed by atoms with Gasteiger partial charge >= 0.3 is 11.7 Å². The summed E-state index contributed by atoms with van der Waals surface area (Å²) in [5.74, 6) is 0.227. The van der Waals surface area contributed by atoms with Crippen LogP contribution in [0.5, 0.6) is 0 Å². The summed E-state index contributed by atoms with van der Waals surface area (Å²) in [4.78, 5) is 32.5. The van der Waals surface area contributed by atoms with E-state index in [4.69, 9.17) is 5.73 Å². The molecule has 0 bridgehead atoms. The molecule has 1 aromatic heterocycles. The first-order valence-corrected chi connectivity index (χ1v) is 10.6. The smallest absolute Gasteiger partial charge is 0.325 e. The summed E-state index contributed by atoms with van der Waals surface area (Å²) in [6, 6.07) is 8.48. The molecule has 166 valence electrons. The quantitative estimate of drug-likeness (QED) is 0.655. The van der Waals surface area contributed by atoms with E-state index < -0.39 is 11.9 Å². The van der Waals surface area contributed by atoms with E-state index in [9.17, 15) is 14.0 Å². The van der Waals surface area contributed by atoms with Crippen LogP contribution in [0.2, 0.25) is 0 Å². The van der Waals surface area contributed by atoms with Crippen LogP contribution in [0.4, 0.5) is 15.0 Å². The zero-order valence-corrected chi connectivity index (χ0v) is 17.3. The number of piperazine rings is 1. The van der Waals surface area contributed by atoms with E-state index in [2.05, 4.69) is 15.6 Å². The van der Waals surface area contributed by atoms with Gasteiger partial charge in [0, 0.05) is 58.1 Å². The van der Waals surface area contributed by atoms with Crippen molar-refractivity contribution in [1.82, 2.24) is 24.7 Å². The molecule has 2 amide bonds. The number of halogens is 1. The number of hydrogen-bond acceptors (Lipinski definition) is 6. The van der Waals surface area contributed by atoms with E-state index in [1.54, 1.807) is 17.2 Å². The summed E-state index contributed by atoms with van der Waals surface area (Å²) in [7, 11) is 0. The fourth-order valence-corrected chi connectivity index (χ4v) is 3.88. The van der Waals surface area contributed by atoms with Crippen molar-refractivity contribution in [1.29, 1.82) is 0 Å². The van der Waals surface area contributed by atoms with Crippen molar-refractivity contribution in [2.24, 2.45) is 5.73 Å². The number of carbonyl (C=O) groups excluding carboxylic acids is 1. The first-order chi connectivity index (χ1) is 15.0. The standard InChI is InChI=1S/C21H28FN7O2/c22-17-14-27(9-5-18(17)23)13-15-1-3-16(4-2-15)29-10-6-19(26-21(29)31)25-20(30)28-11-7-24-8-12-28/h1-4,6,10,17-18,24H,5,7-9,11-14,23H2,(H,25,26,30,31)/t17-,18+/m0/s1. The maximum atomic E-state index is 13.8. The first-order valence-electron chi connectivity index (χ1n) is 10.6. The second-order valence-corrected chi connectivity index (χ2v) is 8.00. The van der Waals surface area contributed by atoms with E-state index in [0.29, 0.717) is 38.3 Å².